The van der Waals surface area contributed by atoms with Crippen molar-refractivity contribution >= 4 is 6.09 Å². The summed E-state index contributed by atoms with van der Waals surface area (Å²) in [4.78, 5) is 11.6. The van der Waals surface area contributed by atoms with Crippen LogP contribution in [0.2, 0.25) is 0 Å². The van der Waals surface area contributed by atoms with E-state index in [1.54, 1.807) is 0 Å². The van der Waals surface area contributed by atoms with E-state index in [-0.39, 0.29) is 31.4 Å². The topological polar surface area (TPSA) is 59.0 Å². The molecule has 0 unspecified atom stereocenters. The summed E-state index contributed by atoms with van der Waals surface area (Å²) in [7, 11) is 0. The maximum absolute atomic E-state index is 13.6. The maximum atomic E-state index is 13.6. The van der Waals surface area contributed by atoms with Gasteiger partial charge in [-0.05, 0) is 6.07 Å². The highest BCUT2D eigenvalue weighted by Crippen LogP contribution is 2.25. The van der Waals surface area contributed by atoms with Gasteiger partial charge in [-0.15, -0.1) is 13.2 Å². The minimum atomic E-state index is -4.88. The van der Waals surface area contributed by atoms with Crippen LogP contribution < -0.4 is 4.74 Å². The largest absolute Gasteiger partial charge is 0.573 e. The first-order valence-corrected chi connectivity index (χ1v) is 5.88. The molecule has 21 heavy (non-hydrogen) atoms. The van der Waals surface area contributed by atoms with Crippen LogP contribution in [0.4, 0.5) is 22.4 Å². The molecule has 1 saturated heterocycles. The van der Waals surface area contributed by atoms with E-state index in [1.807, 2.05) is 0 Å². The highest BCUT2D eigenvalue weighted by Gasteiger charge is 2.32. The Kier molecular flexibility index (Phi) is 4.21. The third-order valence-electron chi connectivity index (χ3n) is 2.85. The Labute approximate surface area is 116 Å². The first-order chi connectivity index (χ1) is 9.74. The molecule has 5 nitrogen and oxygen atoms in total. The van der Waals surface area contributed by atoms with Crippen molar-refractivity contribution in [2.75, 3.05) is 13.1 Å². The summed E-state index contributed by atoms with van der Waals surface area (Å²) in [5.41, 5.74) is 0.0679. The van der Waals surface area contributed by atoms with Crippen LogP contribution >= 0.6 is 0 Å². The molecule has 0 aromatic heterocycles. The second kappa shape index (κ2) is 5.76. The number of halogens is 4. The molecule has 0 radical (unpaired) electrons. The Morgan fingerprint density at radius 3 is 2.57 bits per heavy atom. The number of hydrogen-bond acceptors (Lipinski definition) is 3. The van der Waals surface area contributed by atoms with Crippen molar-refractivity contribution in [3.63, 3.8) is 0 Å². The first kappa shape index (κ1) is 15.4. The molecule has 0 spiro atoms. The van der Waals surface area contributed by atoms with Gasteiger partial charge in [0.1, 0.15) is 11.6 Å². The van der Waals surface area contributed by atoms with Gasteiger partial charge in [-0.1, -0.05) is 6.07 Å². The van der Waals surface area contributed by atoms with Crippen molar-refractivity contribution in [2.24, 2.45) is 0 Å². The number of rotatable bonds is 4. The Morgan fingerprint density at radius 1 is 1.38 bits per heavy atom. The predicted octanol–water partition coefficient (Wildman–Crippen LogP) is 2.60. The van der Waals surface area contributed by atoms with E-state index >= 15 is 0 Å². The molecule has 1 aromatic rings. The Morgan fingerprint density at radius 2 is 2.05 bits per heavy atom. The molecule has 116 valence electrons. The summed E-state index contributed by atoms with van der Waals surface area (Å²) in [6.07, 6.45) is -6.28. The molecule has 1 N–H and O–H groups in total. The van der Waals surface area contributed by atoms with E-state index in [1.165, 1.54) is 0 Å². The first-order valence-electron chi connectivity index (χ1n) is 5.88. The fourth-order valence-corrected chi connectivity index (χ4v) is 1.75. The summed E-state index contributed by atoms with van der Waals surface area (Å²) in [5, 5.41) is 8.61. The molecular weight excluding hydrogens is 298 g/mol. The molecule has 1 fully saturated rings. The molecular formula is C12H11F4NO4. The minimum Gasteiger partial charge on any atom is -0.465 e. The van der Waals surface area contributed by atoms with Gasteiger partial charge < -0.3 is 19.5 Å². The quantitative estimate of drug-likeness (QED) is 0.869. The van der Waals surface area contributed by atoms with Gasteiger partial charge in [0.15, 0.2) is 0 Å². The van der Waals surface area contributed by atoms with Crippen molar-refractivity contribution in [2.45, 2.75) is 19.1 Å². The number of carboxylic acid groups (broad SMARTS) is 1. The summed E-state index contributed by atoms with van der Waals surface area (Å²) >= 11 is 0. The maximum Gasteiger partial charge on any atom is 0.573 e. The minimum absolute atomic E-state index is 0.0679. The third kappa shape index (κ3) is 4.22. The Bertz CT molecular complexity index is 528. The molecule has 0 atom stereocenters. The summed E-state index contributed by atoms with van der Waals surface area (Å²) in [6, 6.07) is 2.74. The number of hydrogen-bond donors (Lipinski definition) is 1. The van der Waals surface area contributed by atoms with Crippen LogP contribution in [0.3, 0.4) is 0 Å². The number of benzene rings is 1. The molecule has 2 rings (SSSR count). The van der Waals surface area contributed by atoms with E-state index in [0.29, 0.717) is 6.07 Å². The average Bonchev–Trinajstić information content (AvgIpc) is 2.26. The van der Waals surface area contributed by atoms with Gasteiger partial charge in [0.25, 0.3) is 0 Å². The van der Waals surface area contributed by atoms with Gasteiger partial charge in [-0.2, -0.15) is 0 Å². The number of likely N-dealkylation sites (tertiary alicyclic amines) is 1. The van der Waals surface area contributed by atoms with Crippen molar-refractivity contribution in [1.29, 1.82) is 0 Å². The van der Waals surface area contributed by atoms with Crippen LogP contribution in [0.1, 0.15) is 5.56 Å². The standard InChI is InChI=1S/C12H11F4NO4/c13-10-3-8(21-12(14,15)16)2-1-7(10)6-20-9-4-17(5-9)11(18)19/h1-3,9H,4-6H2,(H,18,19). The van der Waals surface area contributed by atoms with Gasteiger partial charge in [0.2, 0.25) is 0 Å². The lowest BCUT2D eigenvalue weighted by Crippen LogP contribution is -2.54. The van der Waals surface area contributed by atoms with Crippen LogP contribution in [-0.2, 0) is 11.3 Å². The highest BCUT2D eigenvalue weighted by molar-refractivity contribution is 5.66. The van der Waals surface area contributed by atoms with Crippen LogP contribution in [0.5, 0.6) is 5.75 Å². The molecule has 0 bridgehead atoms. The lowest BCUT2D eigenvalue weighted by molar-refractivity contribution is -0.274. The summed E-state index contributed by atoms with van der Waals surface area (Å²) in [5.74, 6) is -1.53. The van der Waals surface area contributed by atoms with E-state index in [4.69, 9.17) is 9.84 Å². The summed E-state index contributed by atoms with van der Waals surface area (Å²) < 4.78 is 58.3. The van der Waals surface area contributed by atoms with Crippen molar-refractivity contribution in [3.05, 3.63) is 29.6 Å². The highest BCUT2D eigenvalue weighted by atomic mass is 19.4. The van der Waals surface area contributed by atoms with Crippen molar-refractivity contribution in [1.82, 2.24) is 4.90 Å². The third-order valence-corrected chi connectivity index (χ3v) is 2.85. The zero-order chi connectivity index (χ0) is 15.6. The zero-order valence-corrected chi connectivity index (χ0v) is 10.6. The second-order valence-corrected chi connectivity index (χ2v) is 4.42. The van der Waals surface area contributed by atoms with Gasteiger partial charge in [-0.25, -0.2) is 9.18 Å². The number of alkyl halides is 3. The zero-order valence-electron chi connectivity index (χ0n) is 10.6. The van der Waals surface area contributed by atoms with Crippen LogP contribution in [-0.4, -0.2) is 41.7 Å². The Hall–Kier alpha value is -2.03. The molecule has 0 saturated carbocycles. The van der Waals surface area contributed by atoms with Crippen molar-refractivity contribution < 1.29 is 36.9 Å². The van der Waals surface area contributed by atoms with Gasteiger partial charge in [-0.3, -0.25) is 0 Å². The van der Waals surface area contributed by atoms with Gasteiger partial charge >= 0.3 is 12.5 Å². The smallest absolute Gasteiger partial charge is 0.465 e. The molecule has 1 aliphatic heterocycles. The molecule has 0 aliphatic carbocycles. The normalized spacial score (nSPS) is 15.7. The molecule has 1 aromatic carbocycles. The molecule has 1 aliphatic rings. The number of amides is 1. The van der Waals surface area contributed by atoms with Gasteiger partial charge in [0.05, 0.1) is 25.8 Å². The van der Waals surface area contributed by atoms with Crippen LogP contribution in [0.15, 0.2) is 18.2 Å². The lowest BCUT2D eigenvalue weighted by atomic mass is 10.1. The average molecular weight is 309 g/mol. The van der Waals surface area contributed by atoms with Gasteiger partial charge in [0, 0.05) is 11.6 Å². The van der Waals surface area contributed by atoms with Crippen LogP contribution in [0.25, 0.3) is 0 Å². The van der Waals surface area contributed by atoms with Crippen molar-refractivity contribution in [3.8, 4) is 5.75 Å². The SMILES string of the molecule is O=C(O)N1CC(OCc2ccc(OC(F)(F)F)cc2F)C1. The second-order valence-electron chi connectivity index (χ2n) is 4.42. The van der Waals surface area contributed by atoms with E-state index in [0.717, 1.165) is 17.0 Å². The lowest BCUT2D eigenvalue weighted by Gasteiger charge is -2.36. The van der Waals surface area contributed by atoms with Crippen LogP contribution in [0, 0.1) is 5.82 Å². The van der Waals surface area contributed by atoms with E-state index < -0.39 is 24.0 Å². The predicted molar refractivity (Wildman–Crippen MR) is 61.3 cm³/mol. The number of nitrogens with zero attached hydrogens (tertiary/aromatic N) is 1. The monoisotopic (exact) mass is 309 g/mol. The number of ether oxygens (including phenoxy) is 2. The Balaban J connectivity index is 1.86. The summed E-state index contributed by atoms with van der Waals surface area (Å²) in [6.45, 7) is 0.217. The number of carbonyl (C=O) groups is 1. The fourth-order valence-electron chi connectivity index (χ4n) is 1.75. The molecule has 1 heterocycles. The van der Waals surface area contributed by atoms with E-state index in [2.05, 4.69) is 4.74 Å². The molecule has 1 amide bonds. The fraction of sp³-hybridized carbons (Fsp3) is 0.417. The van der Waals surface area contributed by atoms with E-state index in [9.17, 15) is 22.4 Å². The molecule has 9 heteroatoms.